The molecule has 1 unspecified atom stereocenters. The summed E-state index contributed by atoms with van der Waals surface area (Å²) in [7, 11) is -3.42. The minimum atomic E-state index is -3.42. The Morgan fingerprint density at radius 1 is 1.07 bits per heavy atom. The highest BCUT2D eigenvalue weighted by molar-refractivity contribution is 7.91. The highest BCUT2D eigenvalue weighted by atomic mass is 32.2. The molecule has 4 rings (SSSR count). The van der Waals surface area contributed by atoms with Crippen LogP contribution >= 0.6 is 11.3 Å². The van der Waals surface area contributed by atoms with Crippen molar-refractivity contribution in [3.63, 3.8) is 0 Å². The first-order valence-electron chi connectivity index (χ1n) is 9.22. The summed E-state index contributed by atoms with van der Waals surface area (Å²) in [4.78, 5) is 10.5. The van der Waals surface area contributed by atoms with Crippen molar-refractivity contribution in [2.24, 2.45) is 0 Å². The molecule has 2 aromatic heterocycles. The van der Waals surface area contributed by atoms with E-state index in [0.717, 1.165) is 12.2 Å². The Hall–Kier alpha value is -2.07. The lowest BCUT2D eigenvalue weighted by Crippen LogP contribution is -2.48. The molecule has 0 aliphatic carbocycles. The molecule has 0 saturated carbocycles. The largest absolute Gasteiger partial charge is 0.326 e. The van der Waals surface area contributed by atoms with Crippen LogP contribution in [0.3, 0.4) is 0 Å². The first kappa shape index (κ1) is 19.3. The van der Waals surface area contributed by atoms with Gasteiger partial charge in [-0.25, -0.2) is 13.4 Å². The van der Waals surface area contributed by atoms with E-state index in [2.05, 4.69) is 38.5 Å². The average molecular weight is 418 g/mol. The summed E-state index contributed by atoms with van der Waals surface area (Å²) in [6, 6.07) is 10.6. The molecule has 3 aromatic rings. The van der Waals surface area contributed by atoms with E-state index in [1.54, 1.807) is 9.82 Å². The van der Waals surface area contributed by atoms with Gasteiger partial charge >= 0.3 is 0 Å². The zero-order valence-corrected chi connectivity index (χ0v) is 17.3. The maximum atomic E-state index is 12.6. The predicted molar refractivity (Wildman–Crippen MR) is 109 cm³/mol. The lowest BCUT2D eigenvalue weighted by molar-refractivity contribution is 0.178. The van der Waals surface area contributed by atoms with Crippen LogP contribution < -0.4 is 0 Å². The number of sulfonamides is 1. The Labute approximate surface area is 169 Å². The van der Waals surface area contributed by atoms with E-state index < -0.39 is 10.0 Å². The molecule has 7 nitrogen and oxygen atoms in total. The van der Waals surface area contributed by atoms with Crippen LogP contribution in [-0.2, 0) is 16.6 Å². The number of imidazole rings is 1. The molecule has 3 heterocycles. The first-order chi connectivity index (χ1) is 13.6. The monoisotopic (exact) mass is 417 g/mol. The quantitative estimate of drug-likeness (QED) is 0.616. The summed E-state index contributed by atoms with van der Waals surface area (Å²) in [5, 5.41) is 0. The van der Waals surface area contributed by atoms with Gasteiger partial charge in [-0.2, -0.15) is 4.31 Å². The number of benzene rings is 1. The molecule has 0 spiro atoms. The standard InChI is InChI=1S/C19H23N5O2S2/c1-16(17-5-3-2-4-6-17)24-14-20-11-18(24)13-22-7-9-23(10-8-22)28(25,26)19-12-21-15-27-19/h2-6,11-12,14-16H,7-10,13H2,1H3. The van der Waals surface area contributed by atoms with E-state index in [1.165, 1.54) is 23.1 Å². The number of nitrogens with zero attached hydrogens (tertiary/aromatic N) is 5. The Balaban J connectivity index is 1.41. The maximum absolute atomic E-state index is 12.6. The van der Waals surface area contributed by atoms with Crippen molar-refractivity contribution in [2.45, 2.75) is 23.7 Å². The van der Waals surface area contributed by atoms with Crippen LogP contribution in [0.4, 0.5) is 0 Å². The molecule has 1 aliphatic heterocycles. The van der Waals surface area contributed by atoms with Gasteiger partial charge in [-0.1, -0.05) is 30.3 Å². The van der Waals surface area contributed by atoms with Crippen molar-refractivity contribution >= 4 is 21.4 Å². The molecule has 0 bridgehead atoms. The van der Waals surface area contributed by atoms with Crippen molar-refractivity contribution in [1.82, 2.24) is 23.7 Å². The van der Waals surface area contributed by atoms with Crippen LogP contribution in [0.15, 0.2) is 58.8 Å². The molecule has 1 saturated heterocycles. The molecule has 0 radical (unpaired) electrons. The molecule has 1 atom stereocenters. The second kappa shape index (κ2) is 8.12. The molecular formula is C19H23N5O2S2. The number of thiazole rings is 1. The molecule has 148 valence electrons. The minimum absolute atomic E-state index is 0.201. The van der Waals surface area contributed by atoms with Gasteiger partial charge in [0, 0.05) is 38.9 Å². The highest BCUT2D eigenvalue weighted by Crippen LogP contribution is 2.23. The van der Waals surface area contributed by atoms with E-state index in [0.29, 0.717) is 30.4 Å². The fourth-order valence-corrected chi connectivity index (χ4v) is 5.88. The van der Waals surface area contributed by atoms with Crippen molar-refractivity contribution in [2.75, 3.05) is 26.2 Å². The minimum Gasteiger partial charge on any atom is -0.326 e. The van der Waals surface area contributed by atoms with E-state index in [9.17, 15) is 8.42 Å². The van der Waals surface area contributed by atoms with E-state index in [-0.39, 0.29) is 6.04 Å². The third kappa shape index (κ3) is 3.88. The van der Waals surface area contributed by atoms with E-state index in [1.807, 2.05) is 30.7 Å². The lowest BCUT2D eigenvalue weighted by atomic mass is 10.1. The maximum Gasteiger partial charge on any atom is 0.254 e. The van der Waals surface area contributed by atoms with Gasteiger partial charge in [0.25, 0.3) is 10.0 Å². The number of aromatic nitrogens is 3. The molecular weight excluding hydrogens is 394 g/mol. The second-order valence-corrected chi connectivity index (χ2v) is 9.93. The van der Waals surface area contributed by atoms with Crippen molar-refractivity contribution in [3.05, 3.63) is 65.8 Å². The van der Waals surface area contributed by atoms with E-state index in [4.69, 9.17) is 0 Å². The van der Waals surface area contributed by atoms with Gasteiger partial charge < -0.3 is 4.57 Å². The fourth-order valence-electron chi connectivity index (χ4n) is 3.51. The van der Waals surface area contributed by atoms with Gasteiger partial charge in [0.2, 0.25) is 0 Å². The molecule has 0 amide bonds. The molecule has 28 heavy (non-hydrogen) atoms. The number of hydrogen-bond donors (Lipinski definition) is 0. The van der Waals surface area contributed by atoms with E-state index >= 15 is 0 Å². The zero-order valence-electron chi connectivity index (χ0n) is 15.7. The second-order valence-electron chi connectivity index (χ2n) is 6.88. The summed E-state index contributed by atoms with van der Waals surface area (Å²) in [6.07, 6.45) is 5.20. The fraction of sp³-hybridized carbons (Fsp3) is 0.368. The van der Waals surface area contributed by atoms with Crippen LogP contribution in [0.5, 0.6) is 0 Å². The Morgan fingerprint density at radius 3 is 2.50 bits per heavy atom. The third-order valence-corrected chi connectivity index (χ3v) is 8.31. The van der Waals surface area contributed by atoms with Crippen LogP contribution in [-0.4, -0.2) is 58.3 Å². The number of hydrogen-bond acceptors (Lipinski definition) is 6. The van der Waals surface area contributed by atoms with Gasteiger partial charge in [0.05, 0.1) is 29.8 Å². The number of rotatable bonds is 6. The summed E-state index contributed by atoms with van der Waals surface area (Å²) in [6.45, 7) is 5.29. The van der Waals surface area contributed by atoms with Gasteiger partial charge in [0.15, 0.2) is 4.21 Å². The smallest absolute Gasteiger partial charge is 0.254 e. The van der Waals surface area contributed by atoms with Gasteiger partial charge in [-0.05, 0) is 12.5 Å². The topological polar surface area (TPSA) is 71.3 Å². The van der Waals surface area contributed by atoms with Gasteiger partial charge in [0.1, 0.15) is 0 Å². The summed E-state index contributed by atoms with van der Waals surface area (Å²) < 4.78 is 29.3. The number of piperazine rings is 1. The van der Waals surface area contributed by atoms with Gasteiger partial charge in [-0.15, -0.1) is 11.3 Å². The Bertz CT molecular complexity index is 994. The molecule has 1 fully saturated rings. The van der Waals surface area contributed by atoms with Crippen molar-refractivity contribution < 1.29 is 8.42 Å². The SMILES string of the molecule is CC(c1ccccc1)n1cncc1CN1CCN(S(=O)(=O)c2cncs2)CC1. The summed E-state index contributed by atoms with van der Waals surface area (Å²) >= 11 is 1.17. The average Bonchev–Trinajstić information content (AvgIpc) is 3.41. The Kier molecular flexibility index (Phi) is 5.58. The normalized spacial score (nSPS) is 17.6. The lowest BCUT2D eigenvalue weighted by Gasteiger charge is -2.33. The summed E-state index contributed by atoms with van der Waals surface area (Å²) in [5.41, 5.74) is 3.93. The first-order valence-corrected chi connectivity index (χ1v) is 11.5. The van der Waals surface area contributed by atoms with Crippen LogP contribution in [0.25, 0.3) is 0 Å². The third-order valence-electron chi connectivity index (χ3n) is 5.17. The molecule has 9 heteroatoms. The molecule has 0 N–H and O–H groups in total. The Morgan fingerprint density at radius 2 is 1.82 bits per heavy atom. The molecule has 1 aliphatic rings. The van der Waals surface area contributed by atoms with Gasteiger partial charge in [-0.3, -0.25) is 9.88 Å². The van der Waals surface area contributed by atoms with Crippen molar-refractivity contribution in [1.29, 1.82) is 0 Å². The van der Waals surface area contributed by atoms with Crippen LogP contribution in [0.2, 0.25) is 0 Å². The predicted octanol–water partition coefficient (Wildman–Crippen LogP) is 2.46. The summed E-state index contributed by atoms with van der Waals surface area (Å²) in [5.74, 6) is 0. The zero-order chi connectivity index (χ0) is 19.6. The molecule has 1 aromatic carbocycles. The van der Waals surface area contributed by atoms with Crippen LogP contribution in [0.1, 0.15) is 24.2 Å². The van der Waals surface area contributed by atoms with Crippen molar-refractivity contribution in [3.8, 4) is 0 Å². The highest BCUT2D eigenvalue weighted by Gasteiger charge is 2.29. The van der Waals surface area contributed by atoms with Crippen LogP contribution in [0, 0.1) is 0 Å².